The molecule has 1 heterocycles. The summed E-state index contributed by atoms with van der Waals surface area (Å²) in [5, 5.41) is 14.1. The molecule has 0 aromatic heterocycles. The van der Waals surface area contributed by atoms with Crippen molar-refractivity contribution in [2.24, 2.45) is 17.3 Å². The third-order valence-corrected chi connectivity index (χ3v) is 9.63. The van der Waals surface area contributed by atoms with Gasteiger partial charge >= 0.3 is 6.18 Å². The first-order chi connectivity index (χ1) is 17.2. The van der Waals surface area contributed by atoms with E-state index in [1.165, 1.54) is 17.5 Å². The molecule has 6 atom stereocenters. The number of aliphatic hydroxyl groups excluding tert-OH is 1. The Kier molecular flexibility index (Phi) is 5.99. The number of alkyl halides is 3. The summed E-state index contributed by atoms with van der Waals surface area (Å²) in [7, 11) is 0. The molecule has 4 nitrogen and oxygen atoms in total. The molecule has 194 valence electrons. The molecule has 1 saturated heterocycles. The van der Waals surface area contributed by atoms with Gasteiger partial charge in [0, 0.05) is 23.6 Å². The molecule has 2 N–H and O–H groups in total. The zero-order valence-corrected chi connectivity index (χ0v) is 20.7. The van der Waals surface area contributed by atoms with Gasteiger partial charge in [-0.1, -0.05) is 13.0 Å². The Bertz CT molecular complexity index is 1100. The SMILES string of the molecule is CC12CCC3c4ccc(Nc5ccc(N6CCOC(C(F)(F)F)C6)cc5)cc4CCC3C1CCC2O. The minimum absolute atomic E-state index is 0.0712. The van der Waals surface area contributed by atoms with Gasteiger partial charge in [-0.3, -0.25) is 0 Å². The second-order valence-corrected chi connectivity index (χ2v) is 11.5. The topological polar surface area (TPSA) is 44.7 Å². The van der Waals surface area contributed by atoms with E-state index in [1.807, 2.05) is 24.3 Å². The van der Waals surface area contributed by atoms with E-state index in [1.54, 1.807) is 4.90 Å². The van der Waals surface area contributed by atoms with Crippen molar-refractivity contribution in [2.45, 2.75) is 69.8 Å². The zero-order chi connectivity index (χ0) is 25.1. The van der Waals surface area contributed by atoms with Gasteiger partial charge in [0.1, 0.15) is 0 Å². The van der Waals surface area contributed by atoms with Crippen LogP contribution in [0.1, 0.15) is 56.1 Å². The van der Waals surface area contributed by atoms with Crippen LogP contribution in [0.5, 0.6) is 0 Å². The van der Waals surface area contributed by atoms with Gasteiger partial charge in [-0.15, -0.1) is 0 Å². The first kappa shape index (κ1) is 24.1. The number of hydrogen-bond donors (Lipinski definition) is 2. The highest BCUT2D eigenvalue weighted by molar-refractivity contribution is 5.64. The molecule has 2 aromatic carbocycles. The smallest absolute Gasteiger partial charge is 0.393 e. The second kappa shape index (κ2) is 8.95. The Morgan fingerprint density at radius 1 is 1.03 bits per heavy atom. The zero-order valence-electron chi connectivity index (χ0n) is 20.7. The van der Waals surface area contributed by atoms with Crippen LogP contribution in [0.3, 0.4) is 0 Å². The number of anilines is 3. The van der Waals surface area contributed by atoms with Crippen LogP contribution in [0.4, 0.5) is 30.2 Å². The van der Waals surface area contributed by atoms with Crippen molar-refractivity contribution in [1.82, 2.24) is 0 Å². The molecule has 3 aliphatic carbocycles. The van der Waals surface area contributed by atoms with E-state index in [2.05, 4.69) is 30.4 Å². The number of nitrogens with one attached hydrogen (secondary N) is 1. The molecule has 4 aliphatic rings. The van der Waals surface area contributed by atoms with E-state index >= 15 is 0 Å². The van der Waals surface area contributed by atoms with E-state index < -0.39 is 12.3 Å². The highest BCUT2D eigenvalue weighted by Crippen LogP contribution is 2.60. The van der Waals surface area contributed by atoms with Gasteiger partial charge < -0.3 is 20.1 Å². The maximum absolute atomic E-state index is 13.1. The first-order valence-corrected chi connectivity index (χ1v) is 13.3. The highest BCUT2D eigenvalue weighted by Gasteiger charge is 2.54. The lowest BCUT2D eigenvalue weighted by molar-refractivity contribution is -0.221. The number of morpholine rings is 1. The number of aliphatic hydroxyl groups is 1. The minimum Gasteiger partial charge on any atom is -0.393 e. The average molecular weight is 501 g/mol. The summed E-state index contributed by atoms with van der Waals surface area (Å²) < 4.78 is 44.1. The summed E-state index contributed by atoms with van der Waals surface area (Å²) in [6, 6.07) is 14.3. The molecule has 1 aliphatic heterocycles. The Balaban J connectivity index is 1.14. The number of aryl methyl sites for hydroxylation is 1. The van der Waals surface area contributed by atoms with E-state index in [0.717, 1.165) is 49.2 Å². The molecule has 3 fully saturated rings. The van der Waals surface area contributed by atoms with Gasteiger partial charge in [-0.05, 0) is 109 Å². The van der Waals surface area contributed by atoms with Crippen molar-refractivity contribution in [1.29, 1.82) is 0 Å². The quantitative estimate of drug-likeness (QED) is 0.511. The minimum atomic E-state index is -4.34. The van der Waals surface area contributed by atoms with Gasteiger partial charge in [-0.25, -0.2) is 0 Å². The van der Waals surface area contributed by atoms with Crippen molar-refractivity contribution in [2.75, 3.05) is 29.9 Å². The molecule has 0 bridgehead atoms. The summed E-state index contributed by atoms with van der Waals surface area (Å²) >= 11 is 0. The molecule has 0 amide bonds. The number of hydrogen-bond acceptors (Lipinski definition) is 4. The fourth-order valence-electron chi connectivity index (χ4n) is 7.64. The van der Waals surface area contributed by atoms with Crippen LogP contribution in [-0.4, -0.2) is 43.2 Å². The standard InChI is InChI=1S/C29H35F3N2O2/c1-28-13-12-23-22-9-5-20(16-18(22)2-8-24(23)25(28)10-11-26(28)35)33-19-3-6-21(7-4-19)34-14-15-36-27(17-34)29(30,31)32/h3-7,9,16,23-27,33,35H,2,8,10-15,17H2,1H3. The van der Waals surface area contributed by atoms with E-state index in [-0.39, 0.29) is 24.7 Å². The molecule has 0 radical (unpaired) electrons. The fourth-order valence-corrected chi connectivity index (χ4v) is 7.64. The van der Waals surface area contributed by atoms with Gasteiger partial charge in [-0.2, -0.15) is 13.2 Å². The molecule has 2 saturated carbocycles. The van der Waals surface area contributed by atoms with Gasteiger partial charge in [0.15, 0.2) is 6.10 Å². The fraction of sp³-hybridized carbons (Fsp3) is 0.586. The molecular formula is C29H35F3N2O2. The van der Waals surface area contributed by atoms with Crippen molar-refractivity contribution in [3.05, 3.63) is 53.6 Å². The predicted molar refractivity (Wildman–Crippen MR) is 135 cm³/mol. The van der Waals surface area contributed by atoms with Crippen molar-refractivity contribution in [3.63, 3.8) is 0 Å². The van der Waals surface area contributed by atoms with Crippen molar-refractivity contribution >= 4 is 17.1 Å². The van der Waals surface area contributed by atoms with Gasteiger partial charge in [0.2, 0.25) is 0 Å². The summed E-state index contributed by atoms with van der Waals surface area (Å²) in [5.74, 6) is 1.91. The maximum Gasteiger partial charge on any atom is 0.416 e. The number of rotatable bonds is 3. The molecule has 0 spiro atoms. The largest absolute Gasteiger partial charge is 0.416 e. The van der Waals surface area contributed by atoms with Gasteiger partial charge in [0.05, 0.1) is 19.3 Å². The van der Waals surface area contributed by atoms with Crippen LogP contribution in [0.25, 0.3) is 0 Å². The summed E-state index contributed by atoms with van der Waals surface area (Å²) in [5.41, 5.74) is 5.74. The Morgan fingerprint density at radius 3 is 2.58 bits per heavy atom. The summed E-state index contributed by atoms with van der Waals surface area (Å²) in [6.45, 7) is 2.66. The number of halogens is 3. The third-order valence-electron chi connectivity index (χ3n) is 9.63. The number of benzene rings is 2. The lowest BCUT2D eigenvalue weighted by atomic mass is 9.55. The summed E-state index contributed by atoms with van der Waals surface area (Å²) in [6.07, 6.45) is 0.422. The lowest BCUT2D eigenvalue weighted by Crippen LogP contribution is -2.49. The first-order valence-electron chi connectivity index (χ1n) is 13.3. The van der Waals surface area contributed by atoms with Crippen LogP contribution < -0.4 is 10.2 Å². The number of nitrogens with zero attached hydrogens (tertiary/aromatic N) is 1. The Hall–Kier alpha value is -2.25. The predicted octanol–water partition coefficient (Wildman–Crippen LogP) is 6.41. The Morgan fingerprint density at radius 2 is 1.81 bits per heavy atom. The molecule has 36 heavy (non-hydrogen) atoms. The lowest BCUT2D eigenvalue weighted by Gasteiger charge is -2.50. The van der Waals surface area contributed by atoms with Crippen molar-refractivity contribution < 1.29 is 23.0 Å². The normalized spacial score (nSPS) is 34.0. The highest BCUT2D eigenvalue weighted by atomic mass is 19.4. The van der Waals surface area contributed by atoms with Crippen LogP contribution in [0.15, 0.2) is 42.5 Å². The number of ether oxygens (including phenoxy) is 1. The monoisotopic (exact) mass is 500 g/mol. The number of fused-ring (bicyclic) bond motifs is 5. The van der Waals surface area contributed by atoms with E-state index in [4.69, 9.17) is 4.74 Å². The summed E-state index contributed by atoms with van der Waals surface area (Å²) in [4.78, 5) is 1.74. The average Bonchev–Trinajstić information content (AvgIpc) is 3.18. The van der Waals surface area contributed by atoms with E-state index in [9.17, 15) is 18.3 Å². The molecule has 2 aromatic rings. The molecule has 6 rings (SSSR count). The van der Waals surface area contributed by atoms with Crippen LogP contribution >= 0.6 is 0 Å². The van der Waals surface area contributed by atoms with Gasteiger partial charge in [0.25, 0.3) is 0 Å². The molecule has 7 heteroatoms. The molecular weight excluding hydrogens is 465 g/mol. The van der Waals surface area contributed by atoms with Crippen LogP contribution in [0, 0.1) is 17.3 Å². The molecule has 6 unspecified atom stereocenters. The Labute approximate surface area is 210 Å². The third kappa shape index (κ3) is 4.18. The van der Waals surface area contributed by atoms with Crippen LogP contribution in [-0.2, 0) is 11.2 Å². The van der Waals surface area contributed by atoms with Crippen LogP contribution in [0.2, 0.25) is 0 Å². The maximum atomic E-state index is 13.1. The van der Waals surface area contributed by atoms with Crippen molar-refractivity contribution in [3.8, 4) is 0 Å². The van der Waals surface area contributed by atoms with E-state index in [0.29, 0.717) is 24.3 Å². The second-order valence-electron chi connectivity index (χ2n) is 11.5.